The molecule has 100 valence electrons. The maximum atomic E-state index is 4.77. The van der Waals surface area contributed by atoms with Gasteiger partial charge in [-0.25, -0.2) is 4.98 Å². The number of hydrogen-bond donors (Lipinski definition) is 1. The summed E-state index contributed by atoms with van der Waals surface area (Å²) in [6.45, 7) is 7.41. The van der Waals surface area contributed by atoms with Gasteiger partial charge in [0.15, 0.2) is 0 Å². The van der Waals surface area contributed by atoms with Gasteiger partial charge < -0.3 is 5.32 Å². The van der Waals surface area contributed by atoms with E-state index in [1.807, 2.05) is 0 Å². The Morgan fingerprint density at radius 2 is 1.89 bits per heavy atom. The highest BCUT2D eigenvalue weighted by atomic mass is 32.1. The summed E-state index contributed by atoms with van der Waals surface area (Å²) in [4.78, 5) is 4.77. The van der Waals surface area contributed by atoms with Crippen LogP contribution in [0.2, 0.25) is 0 Å². The molecule has 2 nitrogen and oxygen atoms in total. The maximum absolute atomic E-state index is 4.77. The molecule has 1 aliphatic rings. The van der Waals surface area contributed by atoms with Crippen LogP contribution >= 0.6 is 11.3 Å². The first-order valence-electron chi connectivity index (χ1n) is 6.89. The lowest BCUT2D eigenvalue weighted by atomic mass is 10.0. The number of thiazole rings is 1. The Balaban J connectivity index is 1.83. The molecule has 0 amide bonds. The third kappa shape index (κ3) is 2.88. The van der Waals surface area contributed by atoms with Crippen molar-refractivity contribution in [2.75, 3.05) is 0 Å². The summed E-state index contributed by atoms with van der Waals surface area (Å²) in [5.74, 6) is 0. The molecule has 0 aliphatic heterocycles. The van der Waals surface area contributed by atoms with E-state index in [-0.39, 0.29) is 0 Å². The molecule has 1 fully saturated rings. The Bertz CT molecular complexity index is 597. The van der Waals surface area contributed by atoms with Gasteiger partial charge in [-0.05, 0) is 56.4 Å². The molecule has 1 aromatic heterocycles. The van der Waals surface area contributed by atoms with Crippen molar-refractivity contribution in [3.05, 3.63) is 39.9 Å². The van der Waals surface area contributed by atoms with Gasteiger partial charge in [0.2, 0.25) is 0 Å². The normalized spacial score (nSPS) is 14.9. The zero-order valence-electron chi connectivity index (χ0n) is 11.8. The van der Waals surface area contributed by atoms with Gasteiger partial charge in [0, 0.05) is 23.5 Å². The topological polar surface area (TPSA) is 24.9 Å². The fourth-order valence-electron chi connectivity index (χ4n) is 2.24. The van der Waals surface area contributed by atoms with E-state index < -0.39 is 0 Å². The lowest BCUT2D eigenvalue weighted by molar-refractivity contribution is 0.678. The summed E-state index contributed by atoms with van der Waals surface area (Å²) in [7, 11) is 0. The highest BCUT2D eigenvalue weighted by Crippen LogP contribution is 2.29. The Morgan fingerprint density at radius 3 is 2.63 bits per heavy atom. The van der Waals surface area contributed by atoms with Crippen molar-refractivity contribution in [2.24, 2.45) is 0 Å². The van der Waals surface area contributed by atoms with Gasteiger partial charge in [0.25, 0.3) is 0 Å². The number of aryl methyl sites for hydroxylation is 3. The third-order valence-electron chi connectivity index (χ3n) is 3.77. The van der Waals surface area contributed by atoms with Crippen molar-refractivity contribution in [3.8, 4) is 10.6 Å². The second-order valence-corrected chi connectivity index (χ2v) is 6.41. The Hall–Kier alpha value is -1.19. The minimum Gasteiger partial charge on any atom is -0.308 e. The summed E-state index contributed by atoms with van der Waals surface area (Å²) in [5, 5.41) is 6.84. The number of rotatable bonds is 4. The first kappa shape index (κ1) is 12.8. The van der Waals surface area contributed by atoms with Crippen LogP contribution in [0.3, 0.4) is 0 Å². The number of hydrogen-bond acceptors (Lipinski definition) is 3. The first-order valence-corrected chi connectivity index (χ1v) is 7.77. The van der Waals surface area contributed by atoms with Crippen LogP contribution in [-0.4, -0.2) is 11.0 Å². The average Bonchev–Trinajstić information content (AvgIpc) is 3.09. The van der Waals surface area contributed by atoms with Crippen molar-refractivity contribution in [1.82, 2.24) is 10.3 Å². The Labute approximate surface area is 118 Å². The van der Waals surface area contributed by atoms with Gasteiger partial charge in [-0.15, -0.1) is 11.3 Å². The molecule has 2 aromatic rings. The van der Waals surface area contributed by atoms with E-state index in [1.165, 1.54) is 40.8 Å². The summed E-state index contributed by atoms with van der Waals surface area (Å²) >= 11 is 1.75. The molecule has 1 aliphatic carbocycles. The largest absolute Gasteiger partial charge is 0.308 e. The van der Waals surface area contributed by atoms with Crippen LogP contribution in [0.4, 0.5) is 0 Å². The summed E-state index contributed by atoms with van der Waals surface area (Å²) in [6.07, 6.45) is 2.65. The van der Waals surface area contributed by atoms with E-state index in [2.05, 4.69) is 43.6 Å². The highest BCUT2D eigenvalue weighted by Gasteiger charge is 2.20. The maximum Gasteiger partial charge on any atom is 0.123 e. The molecular weight excluding hydrogens is 252 g/mol. The lowest BCUT2D eigenvalue weighted by Crippen LogP contribution is -2.15. The molecule has 1 heterocycles. The fourth-order valence-corrected chi connectivity index (χ4v) is 3.14. The SMILES string of the molecule is Cc1cc(C)c(-c2nc(CNC3CC3)cs2)cc1C. The number of nitrogens with one attached hydrogen (secondary N) is 1. The minimum atomic E-state index is 0.744. The highest BCUT2D eigenvalue weighted by molar-refractivity contribution is 7.13. The number of aromatic nitrogens is 1. The van der Waals surface area contributed by atoms with Crippen LogP contribution in [0.5, 0.6) is 0 Å². The molecule has 0 radical (unpaired) electrons. The summed E-state index contributed by atoms with van der Waals surface area (Å²) in [5.41, 5.74) is 6.47. The molecule has 1 N–H and O–H groups in total. The molecule has 0 saturated heterocycles. The van der Waals surface area contributed by atoms with Crippen molar-refractivity contribution in [1.29, 1.82) is 0 Å². The van der Waals surface area contributed by atoms with Gasteiger partial charge in [0.05, 0.1) is 5.69 Å². The molecule has 0 spiro atoms. The molecule has 0 atom stereocenters. The predicted molar refractivity (Wildman–Crippen MR) is 81.6 cm³/mol. The van der Waals surface area contributed by atoms with Crippen molar-refractivity contribution in [3.63, 3.8) is 0 Å². The van der Waals surface area contributed by atoms with Crippen LogP contribution in [-0.2, 0) is 6.54 Å². The van der Waals surface area contributed by atoms with Gasteiger partial charge >= 0.3 is 0 Å². The molecule has 19 heavy (non-hydrogen) atoms. The second-order valence-electron chi connectivity index (χ2n) is 5.55. The van der Waals surface area contributed by atoms with Crippen molar-refractivity contribution >= 4 is 11.3 Å². The van der Waals surface area contributed by atoms with E-state index in [0.29, 0.717) is 0 Å². The van der Waals surface area contributed by atoms with Crippen LogP contribution in [0.1, 0.15) is 35.2 Å². The van der Waals surface area contributed by atoms with Gasteiger partial charge in [-0.2, -0.15) is 0 Å². The van der Waals surface area contributed by atoms with E-state index in [4.69, 9.17) is 4.98 Å². The first-order chi connectivity index (χ1) is 9.13. The molecule has 3 rings (SSSR count). The smallest absolute Gasteiger partial charge is 0.123 e. The van der Waals surface area contributed by atoms with Gasteiger partial charge in [0.1, 0.15) is 5.01 Å². The van der Waals surface area contributed by atoms with Crippen LogP contribution in [0.15, 0.2) is 17.5 Å². The molecule has 1 saturated carbocycles. The zero-order valence-corrected chi connectivity index (χ0v) is 12.6. The van der Waals surface area contributed by atoms with E-state index in [9.17, 15) is 0 Å². The number of benzene rings is 1. The van der Waals surface area contributed by atoms with Crippen molar-refractivity contribution in [2.45, 2.75) is 46.2 Å². The van der Waals surface area contributed by atoms with Crippen LogP contribution in [0, 0.1) is 20.8 Å². The lowest BCUT2D eigenvalue weighted by Gasteiger charge is -2.07. The van der Waals surface area contributed by atoms with E-state index in [1.54, 1.807) is 11.3 Å². The molecule has 0 bridgehead atoms. The third-order valence-corrected chi connectivity index (χ3v) is 4.70. The second kappa shape index (κ2) is 5.06. The minimum absolute atomic E-state index is 0.744. The Morgan fingerprint density at radius 1 is 1.16 bits per heavy atom. The summed E-state index contributed by atoms with van der Waals surface area (Å²) in [6, 6.07) is 5.27. The molecule has 1 aromatic carbocycles. The average molecular weight is 272 g/mol. The number of nitrogens with zero attached hydrogens (tertiary/aromatic N) is 1. The predicted octanol–water partition coefficient (Wildman–Crippen LogP) is 3.99. The standard InChI is InChI=1S/C16H20N2S/c1-10-6-12(3)15(7-11(10)2)16-18-14(9-19-16)8-17-13-4-5-13/h6-7,9,13,17H,4-5,8H2,1-3H3. The Kier molecular flexibility index (Phi) is 3.42. The van der Waals surface area contributed by atoms with Gasteiger partial charge in [-0.3, -0.25) is 0 Å². The molecule has 0 unspecified atom stereocenters. The van der Waals surface area contributed by atoms with E-state index >= 15 is 0 Å². The molecule has 3 heteroatoms. The quantitative estimate of drug-likeness (QED) is 0.910. The molecular formula is C16H20N2S. The van der Waals surface area contributed by atoms with E-state index in [0.717, 1.165) is 17.6 Å². The monoisotopic (exact) mass is 272 g/mol. The fraction of sp³-hybridized carbons (Fsp3) is 0.438. The van der Waals surface area contributed by atoms with Crippen LogP contribution < -0.4 is 5.32 Å². The summed E-state index contributed by atoms with van der Waals surface area (Å²) < 4.78 is 0. The van der Waals surface area contributed by atoms with Crippen molar-refractivity contribution < 1.29 is 0 Å². The van der Waals surface area contributed by atoms with Crippen LogP contribution in [0.25, 0.3) is 10.6 Å². The zero-order chi connectivity index (χ0) is 13.4. The van der Waals surface area contributed by atoms with Gasteiger partial charge in [-0.1, -0.05) is 6.07 Å².